The van der Waals surface area contributed by atoms with E-state index in [0.717, 1.165) is 18.5 Å². The third kappa shape index (κ3) is 3.16. The zero-order valence-electron chi connectivity index (χ0n) is 12.3. The normalized spacial score (nSPS) is 12.2. The van der Waals surface area contributed by atoms with Crippen molar-refractivity contribution >= 4 is 5.69 Å². The summed E-state index contributed by atoms with van der Waals surface area (Å²) >= 11 is 0. The lowest BCUT2D eigenvalue weighted by Crippen LogP contribution is -2.13. The number of hydrogen-bond acceptors (Lipinski definition) is 2. The molecule has 2 rings (SSSR count). The number of aromatic nitrogens is 1. The summed E-state index contributed by atoms with van der Waals surface area (Å²) in [7, 11) is 0. The van der Waals surface area contributed by atoms with Crippen molar-refractivity contribution in [3.8, 4) is 0 Å². The topological polar surface area (TPSA) is 24.9 Å². The second kappa shape index (κ2) is 6.51. The van der Waals surface area contributed by atoms with Gasteiger partial charge in [0, 0.05) is 5.69 Å². The lowest BCUT2D eigenvalue weighted by Gasteiger charge is -2.21. The number of nitrogens with one attached hydrogen (secondary N) is 1. The maximum atomic E-state index is 13.0. The zero-order valence-corrected chi connectivity index (χ0v) is 12.3. The molecule has 2 aromatic rings. The molecule has 106 valence electrons. The van der Waals surface area contributed by atoms with E-state index < -0.39 is 0 Å². The minimum Gasteiger partial charge on any atom is -0.376 e. The van der Waals surface area contributed by atoms with E-state index in [1.54, 1.807) is 6.07 Å². The molecule has 20 heavy (non-hydrogen) atoms. The molecule has 1 aromatic carbocycles. The molecule has 0 bridgehead atoms. The van der Waals surface area contributed by atoms with Crippen LogP contribution in [0.15, 0.2) is 36.5 Å². The molecule has 3 heteroatoms. The molecule has 0 fully saturated rings. The van der Waals surface area contributed by atoms with Gasteiger partial charge in [0.05, 0.1) is 17.9 Å². The van der Waals surface area contributed by atoms with Crippen LogP contribution in [0, 0.1) is 12.7 Å². The second-order valence-electron chi connectivity index (χ2n) is 4.97. The summed E-state index contributed by atoms with van der Waals surface area (Å²) in [6.07, 6.45) is 3.16. The lowest BCUT2D eigenvalue weighted by atomic mass is 10.0. The Bertz CT molecular complexity index is 564. The monoisotopic (exact) mass is 272 g/mol. The van der Waals surface area contributed by atoms with Crippen LogP contribution in [0.3, 0.4) is 0 Å². The van der Waals surface area contributed by atoms with Crippen molar-refractivity contribution in [3.05, 3.63) is 59.2 Å². The van der Waals surface area contributed by atoms with Crippen molar-refractivity contribution in [2.45, 2.75) is 39.7 Å². The van der Waals surface area contributed by atoms with Crippen LogP contribution in [0.1, 0.15) is 43.1 Å². The summed E-state index contributed by atoms with van der Waals surface area (Å²) in [6.45, 7) is 6.36. The minimum atomic E-state index is -0.297. The van der Waals surface area contributed by atoms with Crippen molar-refractivity contribution in [1.82, 2.24) is 4.98 Å². The van der Waals surface area contributed by atoms with Crippen LogP contribution < -0.4 is 5.32 Å². The number of pyridine rings is 1. The highest BCUT2D eigenvalue weighted by molar-refractivity contribution is 5.58. The Morgan fingerprint density at radius 2 is 2.00 bits per heavy atom. The van der Waals surface area contributed by atoms with Crippen LogP contribution in [-0.4, -0.2) is 4.98 Å². The molecule has 0 aliphatic carbocycles. The quantitative estimate of drug-likeness (QED) is 0.856. The number of nitrogens with zero attached hydrogens (tertiary/aromatic N) is 1. The summed E-state index contributed by atoms with van der Waals surface area (Å²) in [5.41, 5.74) is 4.57. The van der Waals surface area contributed by atoms with Gasteiger partial charge < -0.3 is 5.32 Å². The Morgan fingerprint density at radius 1 is 1.20 bits per heavy atom. The fourth-order valence-electron chi connectivity index (χ4n) is 2.38. The summed E-state index contributed by atoms with van der Waals surface area (Å²) in [5, 5.41) is 3.57. The Morgan fingerprint density at radius 3 is 2.60 bits per heavy atom. The van der Waals surface area contributed by atoms with Crippen LogP contribution in [0.25, 0.3) is 0 Å². The van der Waals surface area contributed by atoms with E-state index in [1.165, 1.54) is 29.1 Å². The number of halogens is 1. The predicted molar refractivity (Wildman–Crippen MR) is 81.4 cm³/mol. The van der Waals surface area contributed by atoms with Crippen LogP contribution >= 0.6 is 0 Å². The van der Waals surface area contributed by atoms with Crippen molar-refractivity contribution < 1.29 is 4.39 Å². The predicted octanol–water partition coefficient (Wildman–Crippen LogP) is 4.65. The smallest absolute Gasteiger partial charge is 0.141 e. The highest BCUT2D eigenvalue weighted by Gasteiger charge is 2.13. The Labute approximate surface area is 120 Å². The fourth-order valence-corrected chi connectivity index (χ4v) is 2.38. The molecule has 1 aromatic heterocycles. The number of para-hydroxylation sites is 1. The van der Waals surface area contributed by atoms with E-state index in [4.69, 9.17) is 0 Å². The van der Waals surface area contributed by atoms with Crippen LogP contribution in [-0.2, 0) is 6.42 Å². The van der Waals surface area contributed by atoms with Crippen LogP contribution in [0.5, 0.6) is 0 Å². The number of benzene rings is 1. The van der Waals surface area contributed by atoms with Gasteiger partial charge in [-0.05, 0) is 43.0 Å². The first-order chi connectivity index (χ1) is 9.65. The number of anilines is 1. The van der Waals surface area contributed by atoms with E-state index in [-0.39, 0.29) is 11.9 Å². The van der Waals surface area contributed by atoms with E-state index in [0.29, 0.717) is 0 Å². The molecule has 1 N–H and O–H groups in total. The average Bonchev–Trinajstić information content (AvgIpc) is 2.47. The molecule has 0 spiro atoms. The van der Waals surface area contributed by atoms with E-state index in [9.17, 15) is 4.39 Å². The maximum Gasteiger partial charge on any atom is 0.141 e. The highest BCUT2D eigenvalue weighted by atomic mass is 19.1. The first-order valence-corrected chi connectivity index (χ1v) is 7.12. The third-order valence-corrected chi connectivity index (χ3v) is 3.57. The average molecular weight is 272 g/mol. The van der Waals surface area contributed by atoms with Gasteiger partial charge in [0.2, 0.25) is 0 Å². The van der Waals surface area contributed by atoms with Crippen LogP contribution in [0.4, 0.5) is 10.1 Å². The van der Waals surface area contributed by atoms with Crippen molar-refractivity contribution in [1.29, 1.82) is 0 Å². The Kier molecular flexibility index (Phi) is 4.72. The molecule has 0 aliphatic heterocycles. The first-order valence-electron chi connectivity index (χ1n) is 7.12. The number of rotatable bonds is 5. The van der Waals surface area contributed by atoms with Gasteiger partial charge in [0.25, 0.3) is 0 Å². The van der Waals surface area contributed by atoms with Gasteiger partial charge in [-0.1, -0.05) is 32.0 Å². The molecule has 0 aliphatic rings. The van der Waals surface area contributed by atoms with Crippen molar-refractivity contribution in [2.24, 2.45) is 0 Å². The molecule has 1 unspecified atom stereocenters. The highest BCUT2D eigenvalue weighted by Crippen LogP contribution is 2.27. The number of aryl methyl sites for hydroxylation is 2. The van der Waals surface area contributed by atoms with Gasteiger partial charge in [-0.2, -0.15) is 0 Å². The van der Waals surface area contributed by atoms with Crippen molar-refractivity contribution in [3.63, 3.8) is 0 Å². The molecule has 0 amide bonds. The Hall–Kier alpha value is -1.90. The van der Waals surface area contributed by atoms with E-state index >= 15 is 0 Å². The van der Waals surface area contributed by atoms with Gasteiger partial charge in [-0.25, -0.2) is 4.39 Å². The molecule has 1 heterocycles. The maximum absolute atomic E-state index is 13.0. The summed E-state index contributed by atoms with van der Waals surface area (Å²) < 4.78 is 13.0. The first kappa shape index (κ1) is 14.5. The largest absolute Gasteiger partial charge is 0.376 e. The summed E-state index contributed by atoms with van der Waals surface area (Å²) in [5.74, 6) is -0.297. The fraction of sp³-hybridized carbons (Fsp3) is 0.353. The van der Waals surface area contributed by atoms with Crippen LogP contribution in [0.2, 0.25) is 0 Å². The van der Waals surface area contributed by atoms with Gasteiger partial charge in [-0.3, -0.25) is 4.98 Å². The standard InChI is InChI=1S/C17H21FN2/c1-4-13-8-6-7-12(3)17(13)20-15(5-2)16-10-9-14(18)11-19-16/h6-11,15,20H,4-5H2,1-3H3. The van der Waals surface area contributed by atoms with E-state index in [1.807, 2.05) is 0 Å². The zero-order chi connectivity index (χ0) is 14.5. The molecule has 0 radical (unpaired) electrons. The number of hydrogen-bond donors (Lipinski definition) is 1. The lowest BCUT2D eigenvalue weighted by molar-refractivity contribution is 0.614. The summed E-state index contributed by atoms with van der Waals surface area (Å²) in [4.78, 5) is 4.19. The van der Waals surface area contributed by atoms with Gasteiger partial charge in [0.1, 0.15) is 5.82 Å². The summed E-state index contributed by atoms with van der Waals surface area (Å²) in [6, 6.07) is 9.64. The minimum absolute atomic E-state index is 0.0991. The van der Waals surface area contributed by atoms with Gasteiger partial charge >= 0.3 is 0 Å². The third-order valence-electron chi connectivity index (χ3n) is 3.57. The second-order valence-corrected chi connectivity index (χ2v) is 4.97. The van der Waals surface area contributed by atoms with Crippen molar-refractivity contribution in [2.75, 3.05) is 5.32 Å². The molecule has 1 atom stereocenters. The van der Waals surface area contributed by atoms with Gasteiger partial charge in [0.15, 0.2) is 0 Å². The molecular formula is C17H21FN2. The molecular weight excluding hydrogens is 251 g/mol. The molecule has 2 nitrogen and oxygen atoms in total. The SMILES string of the molecule is CCc1cccc(C)c1NC(CC)c1ccc(F)cn1. The molecule has 0 saturated carbocycles. The van der Waals surface area contributed by atoms with E-state index in [2.05, 4.69) is 49.3 Å². The molecule has 0 saturated heterocycles. The van der Waals surface area contributed by atoms with Gasteiger partial charge in [-0.15, -0.1) is 0 Å². The Balaban J connectivity index is 2.29.